The average Bonchev–Trinajstić information content (AvgIpc) is 3.28. The van der Waals surface area contributed by atoms with Crippen LogP contribution in [0.3, 0.4) is 0 Å². The quantitative estimate of drug-likeness (QED) is 0.620. The highest BCUT2D eigenvalue weighted by molar-refractivity contribution is 7.13. The van der Waals surface area contributed by atoms with Crippen LogP contribution in [-0.2, 0) is 6.61 Å². The third-order valence-electron chi connectivity index (χ3n) is 3.88. The fraction of sp³-hybridized carbons (Fsp3) is 0.158. The molecule has 0 saturated heterocycles. The number of benzene rings is 2. The highest BCUT2D eigenvalue weighted by atomic mass is 32.1. The molecule has 5 nitrogen and oxygen atoms in total. The van der Waals surface area contributed by atoms with Crippen molar-refractivity contribution in [3.05, 3.63) is 58.9 Å². The Kier molecular flexibility index (Phi) is 4.30. The molecule has 0 saturated carbocycles. The number of fused-ring (bicyclic) bond motifs is 1. The average molecular weight is 371 g/mol. The van der Waals surface area contributed by atoms with Crippen molar-refractivity contribution in [3.8, 4) is 27.8 Å². The Morgan fingerprint density at radius 3 is 2.88 bits per heavy atom. The van der Waals surface area contributed by atoms with Crippen molar-refractivity contribution in [1.29, 1.82) is 0 Å². The topological polar surface area (TPSA) is 57.7 Å². The lowest BCUT2D eigenvalue weighted by Gasteiger charge is -2.06. The second kappa shape index (κ2) is 6.76. The van der Waals surface area contributed by atoms with Crippen LogP contribution in [0.15, 0.2) is 41.8 Å². The molecular weight excluding hydrogens is 357 g/mol. The van der Waals surface area contributed by atoms with E-state index in [0.29, 0.717) is 11.5 Å². The molecule has 0 amide bonds. The molecule has 26 heavy (non-hydrogen) atoms. The molecule has 1 aliphatic heterocycles. The van der Waals surface area contributed by atoms with Gasteiger partial charge >= 0.3 is 0 Å². The number of aromatic nitrogens is 1. The maximum absolute atomic E-state index is 13.8. The summed E-state index contributed by atoms with van der Waals surface area (Å²) in [4.78, 5) is 15.8. The molecule has 0 radical (unpaired) electrons. The summed E-state index contributed by atoms with van der Waals surface area (Å²) < 4.78 is 30.1. The molecule has 132 valence electrons. The molecule has 3 aromatic rings. The van der Waals surface area contributed by atoms with Gasteiger partial charge in [0.1, 0.15) is 23.2 Å². The Hall–Kier alpha value is -2.93. The van der Waals surface area contributed by atoms with E-state index in [-0.39, 0.29) is 24.7 Å². The fourth-order valence-electron chi connectivity index (χ4n) is 2.56. The summed E-state index contributed by atoms with van der Waals surface area (Å²) in [6.45, 7) is 1.76. The molecule has 2 heterocycles. The third kappa shape index (κ3) is 3.25. The van der Waals surface area contributed by atoms with Gasteiger partial charge in [0.15, 0.2) is 17.3 Å². The highest BCUT2D eigenvalue weighted by Crippen LogP contribution is 2.36. The molecule has 0 aliphatic carbocycles. The van der Waals surface area contributed by atoms with Gasteiger partial charge in [0, 0.05) is 17.0 Å². The molecule has 0 N–H and O–H groups in total. The van der Waals surface area contributed by atoms with Gasteiger partial charge in [0.05, 0.1) is 11.3 Å². The molecule has 0 atom stereocenters. The Morgan fingerprint density at radius 2 is 2.08 bits per heavy atom. The fourth-order valence-corrected chi connectivity index (χ4v) is 3.37. The first-order chi connectivity index (χ1) is 12.6. The number of ketones is 1. The summed E-state index contributed by atoms with van der Waals surface area (Å²) in [5.41, 5.74) is 1.72. The number of hydrogen-bond acceptors (Lipinski definition) is 6. The van der Waals surface area contributed by atoms with Gasteiger partial charge in [-0.05, 0) is 37.3 Å². The van der Waals surface area contributed by atoms with E-state index in [1.165, 1.54) is 30.4 Å². The van der Waals surface area contributed by atoms with Crippen molar-refractivity contribution in [3.63, 3.8) is 0 Å². The van der Waals surface area contributed by atoms with Gasteiger partial charge in [-0.2, -0.15) is 0 Å². The zero-order chi connectivity index (χ0) is 18.1. The SMILES string of the molecule is CC(=O)c1ccc(OCc2csc(-c3ccc4c(c3)OCO4)n2)cc1F. The Balaban J connectivity index is 1.46. The number of halogens is 1. The first kappa shape index (κ1) is 16.5. The zero-order valence-electron chi connectivity index (χ0n) is 13.8. The van der Waals surface area contributed by atoms with Crippen molar-refractivity contribution < 1.29 is 23.4 Å². The maximum atomic E-state index is 13.8. The lowest BCUT2D eigenvalue weighted by Crippen LogP contribution is -2.00. The van der Waals surface area contributed by atoms with Crippen molar-refractivity contribution in [1.82, 2.24) is 4.98 Å². The van der Waals surface area contributed by atoms with Crippen LogP contribution in [0.2, 0.25) is 0 Å². The van der Waals surface area contributed by atoms with E-state index in [0.717, 1.165) is 22.0 Å². The van der Waals surface area contributed by atoms with E-state index in [4.69, 9.17) is 14.2 Å². The van der Waals surface area contributed by atoms with Crippen LogP contribution in [0.4, 0.5) is 4.39 Å². The summed E-state index contributed by atoms with van der Waals surface area (Å²) in [6, 6.07) is 9.88. The number of carbonyl (C=O) groups excluding carboxylic acids is 1. The molecular formula is C19H14FNO4S. The predicted molar refractivity (Wildman–Crippen MR) is 94.4 cm³/mol. The van der Waals surface area contributed by atoms with Crippen LogP contribution in [0, 0.1) is 5.82 Å². The van der Waals surface area contributed by atoms with Gasteiger partial charge in [-0.15, -0.1) is 11.3 Å². The van der Waals surface area contributed by atoms with Gasteiger partial charge in [-0.1, -0.05) is 0 Å². The number of Topliss-reactive ketones (excluding diaryl/α,β-unsaturated/α-hetero) is 1. The predicted octanol–water partition coefficient (Wildman–Crippen LogP) is 4.46. The lowest BCUT2D eigenvalue weighted by atomic mass is 10.1. The molecule has 0 unspecified atom stereocenters. The van der Waals surface area contributed by atoms with Crippen LogP contribution in [0.1, 0.15) is 23.0 Å². The van der Waals surface area contributed by atoms with Crippen LogP contribution < -0.4 is 14.2 Å². The molecule has 4 rings (SSSR count). The smallest absolute Gasteiger partial charge is 0.231 e. The minimum atomic E-state index is -0.589. The summed E-state index contributed by atoms with van der Waals surface area (Å²) in [7, 11) is 0. The van der Waals surface area contributed by atoms with Gasteiger partial charge in [-0.25, -0.2) is 9.37 Å². The van der Waals surface area contributed by atoms with Gasteiger partial charge in [0.25, 0.3) is 0 Å². The van der Waals surface area contributed by atoms with E-state index < -0.39 is 5.82 Å². The monoisotopic (exact) mass is 371 g/mol. The minimum absolute atomic E-state index is 0.0519. The second-order valence-electron chi connectivity index (χ2n) is 5.70. The van der Waals surface area contributed by atoms with Crippen LogP contribution in [-0.4, -0.2) is 17.6 Å². The first-order valence-electron chi connectivity index (χ1n) is 7.88. The number of hydrogen-bond donors (Lipinski definition) is 0. The summed E-state index contributed by atoms with van der Waals surface area (Å²) in [6.07, 6.45) is 0. The summed E-state index contributed by atoms with van der Waals surface area (Å²) >= 11 is 1.49. The van der Waals surface area contributed by atoms with E-state index in [1.807, 2.05) is 23.6 Å². The largest absolute Gasteiger partial charge is 0.487 e. The van der Waals surface area contributed by atoms with E-state index in [9.17, 15) is 9.18 Å². The van der Waals surface area contributed by atoms with Gasteiger partial charge < -0.3 is 14.2 Å². The first-order valence-corrected chi connectivity index (χ1v) is 8.76. The lowest BCUT2D eigenvalue weighted by molar-refractivity contribution is 0.101. The van der Waals surface area contributed by atoms with Crippen LogP contribution in [0.5, 0.6) is 17.2 Å². The third-order valence-corrected chi connectivity index (χ3v) is 4.82. The van der Waals surface area contributed by atoms with Crippen LogP contribution in [0.25, 0.3) is 10.6 Å². The number of carbonyl (C=O) groups is 1. The number of ether oxygens (including phenoxy) is 3. The van der Waals surface area contributed by atoms with E-state index in [1.54, 1.807) is 6.07 Å². The second-order valence-corrected chi connectivity index (χ2v) is 6.56. The van der Waals surface area contributed by atoms with Crippen molar-refractivity contribution in [2.75, 3.05) is 6.79 Å². The number of thiazole rings is 1. The van der Waals surface area contributed by atoms with Crippen molar-refractivity contribution >= 4 is 17.1 Å². The highest BCUT2D eigenvalue weighted by Gasteiger charge is 2.15. The van der Waals surface area contributed by atoms with E-state index >= 15 is 0 Å². The Bertz CT molecular complexity index is 985. The summed E-state index contributed by atoms with van der Waals surface area (Å²) in [5, 5.41) is 2.72. The number of rotatable bonds is 5. The molecule has 1 aromatic heterocycles. The maximum Gasteiger partial charge on any atom is 0.231 e. The van der Waals surface area contributed by atoms with Gasteiger partial charge in [-0.3, -0.25) is 4.79 Å². The molecule has 7 heteroatoms. The normalized spacial score (nSPS) is 12.2. The Labute approximate surface area is 153 Å². The van der Waals surface area contributed by atoms with Crippen LogP contribution >= 0.6 is 11.3 Å². The molecule has 0 spiro atoms. The molecule has 0 bridgehead atoms. The van der Waals surface area contributed by atoms with E-state index in [2.05, 4.69) is 4.98 Å². The van der Waals surface area contributed by atoms with Crippen molar-refractivity contribution in [2.45, 2.75) is 13.5 Å². The van der Waals surface area contributed by atoms with Crippen molar-refractivity contribution in [2.24, 2.45) is 0 Å². The minimum Gasteiger partial charge on any atom is -0.487 e. The molecule has 1 aliphatic rings. The zero-order valence-corrected chi connectivity index (χ0v) is 14.6. The Morgan fingerprint density at radius 1 is 1.23 bits per heavy atom. The molecule has 2 aromatic carbocycles. The number of nitrogens with zero attached hydrogens (tertiary/aromatic N) is 1. The van der Waals surface area contributed by atoms with Gasteiger partial charge in [0.2, 0.25) is 6.79 Å². The summed E-state index contributed by atoms with van der Waals surface area (Å²) in [5.74, 6) is 0.878. The molecule has 0 fully saturated rings. The standard InChI is InChI=1S/C19H14FNO4S/c1-11(22)15-4-3-14(7-16(15)20)23-8-13-9-26-19(21-13)12-2-5-17-18(6-12)25-10-24-17/h2-7,9H,8,10H2,1H3.